The fourth-order valence-electron chi connectivity index (χ4n) is 2.04. The van der Waals surface area contributed by atoms with Gasteiger partial charge in [0.1, 0.15) is 0 Å². The van der Waals surface area contributed by atoms with E-state index in [1.807, 2.05) is 12.1 Å². The molecule has 2 aromatic rings. The van der Waals surface area contributed by atoms with E-state index in [0.717, 1.165) is 17.7 Å². The van der Waals surface area contributed by atoms with Crippen molar-refractivity contribution >= 4 is 40.8 Å². The number of non-ortho nitro benzene ring substituents is 1. The standard InChI is InChI=1S/C17H14Cl2N2O5/c18-12-3-1-11(2-4-12)7-8-20-16(22)10-26-17(23)14-6-5-13(21(24)25)9-15(14)19/h1-6,9H,7-8,10H2,(H,20,22). The molecular formula is C17H14Cl2N2O5. The first-order valence-electron chi connectivity index (χ1n) is 7.49. The zero-order valence-corrected chi connectivity index (χ0v) is 14.9. The molecule has 0 aliphatic carbocycles. The molecule has 2 rings (SSSR count). The van der Waals surface area contributed by atoms with E-state index in [4.69, 9.17) is 27.9 Å². The molecule has 0 atom stereocenters. The van der Waals surface area contributed by atoms with Crippen LogP contribution in [0.25, 0.3) is 0 Å². The highest BCUT2D eigenvalue weighted by Crippen LogP contribution is 2.23. The Balaban J connectivity index is 1.78. The Hall–Kier alpha value is -2.64. The number of nitrogens with one attached hydrogen (secondary N) is 1. The molecule has 2 aromatic carbocycles. The largest absolute Gasteiger partial charge is 0.452 e. The SMILES string of the molecule is O=C(COC(=O)c1ccc([N+](=O)[O-])cc1Cl)NCCc1ccc(Cl)cc1. The smallest absolute Gasteiger partial charge is 0.340 e. The summed E-state index contributed by atoms with van der Waals surface area (Å²) in [4.78, 5) is 33.6. The Labute approximate surface area is 159 Å². The van der Waals surface area contributed by atoms with E-state index < -0.39 is 23.4 Å². The second-order valence-electron chi connectivity index (χ2n) is 5.22. The van der Waals surface area contributed by atoms with Crippen molar-refractivity contribution in [1.29, 1.82) is 0 Å². The van der Waals surface area contributed by atoms with Crippen molar-refractivity contribution in [2.24, 2.45) is 0 Å². The predicted molar refractivity (Wildman–Crippen MR) is 96.6 cm³/mol. The maximum Gasteiger partial charge on any atom is 0.340 e. The number of carbonyl (C=O) groups excluding carboxylic acids is 2. The summed E-state index contributed by atoms with van der Waals surface area (Å²) in [6.45, 7) is -0.108. The molecule has 0 aliphatic rings. The summed E-state index contributed by atoms with van der Waals surface area (Å²) in [5.74, 6) is -1.30. The van der Waals surface area contributed by atoms with Crippen molar-refractivity contribution in [3.63, 3.8) is 0 Å². The zero-order valence-electron chi connectivity index (χ0n) is 13.4. The highest BCUT2D eigenvalue weighted by Gasteiger charge is 2.17. The third kappa shape index (κ3) is 5.72. The van der Waals surface area contributed by atoms with E-state index >= 15 is 0 Å². The van der Waals surface area contributed by atoms with Crippen molar-refractivity contribution in [2.45, 2.75) is 6.42 Å². The molecule has 0 fully saturated rings. The van der Waals surface area contributed by atoms with Crippen LogP contribution in [0.5, 0.6) is 0 Å². The van der Waals surface area contributed by atoms with E-state index in [0.29, 0.717) is 18.0 Å². The van der Waals surface area contributed by atoms with Gasteiger partial charge in [0, 0.05) is 23.7 Å². The van der Waals surface area contributed by atoms with Gasteiger partial charge in [-0.2, -0.15) is 0 Å². The van der Waals surface area contributed by atoms with Gasteiger partial charge >= 0.3 is 5.97 Å². The first-order valence-corrected chi connectivity index (χ1v) is 8.24. The lowest BCUT2D eigenvalue weighted by Crippen LogP contribution is -2.30. The molecule has 1 N–H and O–H groups in total. The van der Waals surface area contributed by atoms with Crippen LogP contribution in [0, 0.1) is 10.1 Å². The molecule has 7 nitrogen and oxygen atoms in total. The van der Waals surface area contributed by atoms with E-state index in [9.17, 15) is 19.7 Å². The van der Waals surface area contributed by atoms with Gasteiger partial charge in [-0.3, -0.25) is 14.9 Å². The fraction of sp³-hybridized carbons (Fsp3) is 0.176. The summed E-state index contributed by atoms with van der Waals surface area (Å²) in [6, 6.07) is 10.6. The molecule has 9 heteroatoms. The van der Waals surface area contributed by atoms with Gasteiger partial charge in [0.2, 0.25) is 0 Å². The van der Waals surface area contributed by atoms with Gasteiger partial charge in [0.25, 0.3) is 11.6 Å². The number of nitro benzene ring substituents is 1. The molecular weight excluding hydrogens is 383 g/mol. The minimum absolute atomic E-state index is 0.0498. The first kappa shape index (κ1) is 19.7. The number of ether oxygens (including phenoxy) is 1. The van der Waals surface area contributed by atoms with Crippen LogP contribution in [0.3, 0.4) is 0 Å². The highest BCUT2D eigenvalue weighted by atomic mass is 35.5. The number of esters is 1. The maximum atomic E-state index is 11.9. The Morgan fingerprint density at radius 3 is 2.42 bits per heavy atom. The number of amides is 1. The molecule has 0 bridgehead atoms. The van der Waals surface area contributed by atoms with Gasteiger partial charge in [-0.05, 0) is 30.2 Å². The summed E-state index contributed by atoms with van der Waals surface area (Å²) in [7, 11) is 0. The number of nitro groups is 1. The quantitative estimate of drug-likeness (QED) is 0.439. The number of hydrogen-bond acceptors (Lipinski definition) is 5. The lowest BCUT2D eigenvalue weighted by Gasteiger charge is -2.08. The third-order valence-electron chi connectivity index (χ3n) is 3.37. The van der Waals surface area contributed by atoms with E-state index in [2.05, 4.69) is 5.32 Å². The average molecular weight is 397 g/mol. The molecule has 0 saturated carbocycles. The zero-order chi connectivity index (χ0) is 19.1. The monoisotopic (exact) mass is 396 g/mol. The van der Waals surface area contributed by atoms with Gasteiger partial charge in [0.15, 0.2) is 6.61 Å². The van der Waals surface area contributed by atoms with Crippen LogP contribution in [0.4, 0.5) is 5.69 Å². The molecule has 0 unspecified atom stereocenters. The van der Waals surface area contributed by atoms with Crippen LogP contribution < -0.4 is 5.32 Å². The van der Waals surface area contributed by atoms with Crippen molar-refractivity contribution in [2.75, 3.05) is 13.2 Å². The third-order valence-corrected chi connectivity index (χ3v) is 3.93. The average Bonchev–Trinajstić information content (AvgIpc) is 2.61. The lowest BCUT2D eigenvalue weighted by molar-refractivity contribution is -0.384. The number of nitrogens with zero attached hydrogens (tertiary/aromatic N) is 1. The summed E-state index contributed by atoms with van der Waals surface area (Å²) in [5, 5.41) is 13.8. The summed E-state index contributed by atoms with van der Waals surface area (Å²) < 4.78 is 4.87. The molecule has 0 saturated heterocycles. The van der Waals surface area contributed by atoms with Crippen molar-refractivity contribution in [3.05, 3.63) is 73.8 Å². The summed E-state index contributed by atoms with van der Waals surface area (Å²) in [5.41, 5.74) is 0.710. The molecule has 136 valence electrons. The number of halogens is 2. The van der Waals surface area contributed by atoms with Crippen LogP contribution in [0.2, 0.25) is 10.0 Å². The summed E-state index contributed by atoms with van der Waals surface area (Å²) >= 11 is 11.6. The van der Waals surface area contributed by atoms with Gasteiger partial charge in [-0.25, -0.2) is 4.79 Å². The van der Waals surface area contributed by atoms with Crippen molar-refractivity contribution in [1.82, 2.24) is 5.32 Å². The van der Waals surface area contributed by atoms with E-state index in [-0.39, 0.29) is 16.3 Å². The van der Waals surface area contributed by atoms with Crippen LogP contribution in [-0.2, 0) is 16.0 Å². The molecule has 1 amide bonds. The van der Waals surface area contributed by atoms with Crippen molar-refractivity contribution in [3.8, 4) is 0 Å². The van der Waals surface area contributed by atoms with Crippen LogP contribution >= 0.6 is 23.2 Å². The number of benzene rings is 2. The first-order chi connectivity index (χ1) is 12.4. The maximum absolute atomic E-state index is 11.9. The second kappa shape index (κ2) is 9.17. The minimum Gasteiger partial charge on any atom is -0.452 e. The second-order valence-corrected chi connectivity index (χ2v) is 6.07. The Morgan fingerprint density at radius 1 is 1.12 bits per heavy atom. The molecule has 0 radical (unpaired) electrons. The number of rotatable bonds is 7. The minimum atomic E-state index is -0.835. The highest BCUT2D eigenvalue weighted by molar-refractivity contribution is 6.33. The topological polar surface area (TPSA) is 98.5 Å². The Bertz CT molecular complexity index is 824. The predicted octanol–water partition coefficient (Wildman–Crippen LogP) is 3.42. The number of hydrogen-bond donors (Lipinski definition) is 1. The van der Waals surface area contributed by atoms with Gasteiger partial charge < -0.3 is 10.1 Å². The summed E-state index contributed by atoms with van der Waals surface area (Å²) in [6.07, 6.45) is 0.602. The molecule has 0 heterocycles. The molecule has 0 spiro atoms. The Kier molecular flexibility index (Phi) is 6.94. The molecule has 0 aliphatic heterocycles. The van der Waals surface area contributed by atoms with E-state index in [1.54, 1.807) is 12.1 Å². The van der Waals surface area contributed by atoms with E-state index in [1.165, 1.54) is 6.07 Å². The fourth-order valence-corrected chi connectivity index (χ4v) is 2.42. The van der Waals surface area contributed by atoms with Crippen LogP contribution in [0.15, 0.2) is 42.5 Å². The Morgan fingerprint density at radius 2 is 1.81 bits per heavy atom. The number of carbonyl (C=O) groups is 2. The van der Waals surface area contributed by atoms with Gasteiger partial charge in [-0.1, -0.05) is 35.3 Å². The van der Waals surface area contributed by atoms with Gasteiger partial charge in [-0.15, -0.1) is 0 Å². The van der Waals surface area contributed by atoms with Gasteiger partial charge in [0.05, 0.1) is 15.5 Å². The molecule has 26 heavy (non-hydrogen) atoms. The van der Waals surface area contributed by atoms with Crippen LogP contribution in [-0.4, -0.2) is 30.0 Å². The van der Waals surface area contributed by atoms with Crippen molar-refractivity contribution < 1.29 is 19.2 Å². The lowest BCUT2D eigenvalue weighted by atomic mass is 10.1. The van der Waals surface area contributed by atoms with Crippen LogP contribution in [0.1, 0.15) is 15.9 Å². The normalized spacial score (nSPS) is 10.2. The molecule has 0 aromatic heterocycles.